The van der Waals surface area contributed by atoms with Crippen molar-refractivity contribution in [2.75, 3.05) is 20.1 Å². The summed E-state index contributed by atoms with van der Waals surface area (Å²) in [4.78, 5) is 13.9. The van der Waals surface area contributed by atoms with Crippen LogP contribution in [-0.2, 0) is 4.74 Å². The monoisotopic (exact) mass is 255 g/mol. The number of nitrogens with zero attached hydrogens (tertiary/aromatic N) is 3. The highest BCUT2D eigenvalue weighted by molar-refractivity contribution is 6.29. The molecule has 6 heteroatoms. The number of carbonyl (C=O) groups excluding carboxylic acids is 1. The summed E-state index contributed by atoms with van der Waals surface area (Å²) in [5, 5.41) is 7.57. The van der Waals surface area contributed by atoms with Crippen LogP contribution in [0.15, 0.2) is 12.1 Å². The number of hydrogen-bond donors (Lipinski definition) is 0. The summed E-state index contributed by atoms with van der Waals surface area (Å²) < 4.78 is 5.35. The van der Waals surface area contributed by atoms with Gasteiger partial charge in [-0.3, -0.25) is 0 Å². The maximum absolute atomic E-state index is 11.7. The Balaban J connectivity index is 1.91. The number of aromatic nitrogens is 2. The van der Waals surface area contributed by atoms with E-state index in [4.69, 9.17) is 16.3 Å². The lowest BCUT2D eigenvalue weighted by Crippen LogP contribution is -2.35. The zero-order valence-electron chi connectivity index (χ0n) is 9.60. The van der Waals surface area contributed by atoms with Gasteiger partial charge in [0.25, 0.3) is 0 Å². The van der Waals surface area contributed by atoms with Crippen LogP contribution in [0.1, 0.15) is 23.3 Å². The number of ether oxygens (including phenoxy) is 1. The van der Waals surface area contributed by atoms with Crippen molar-refractivity contribution in [3.8, 4) is 0 Å². The molecule has 1 fully saturated rings. The van der Waals surface area contributed by atoms with Crippen molar-refractivity contribution in [1.29, 1.82) is 0 Å². The molecule has 1 aliphatic heterocycles. The number of carbonyl (C=O) groups is 1. The van der Waals surface area contributed by atoms with Gasteiger partial charge >= 0.3 is 5.97 Å². The molecule has 0 bridgehead atoms. The summed E-state index contributed by atoms with van der Waals surface area (Å²) in [6.07, 6.45) is 1.71. The summed E-state index contributed by atoms with van der Waals surface area (Å²) >= 11 is 5.59. The number of rotatable bonds is 2. The minimum Gasteiger partial charge on any atom is -0.458 e. The van der Waals surface area contributed by atoms with Gasteiger partial charge < -0.3 is 9.64 Å². The standard InChI is InChI=1S/C11H14ClN3O2/c1-15-6-4-8(5-7-15)17-11(16)9-2-3-10(12)14-13-9/h2-3,8H,4-7H2,1H3. The molecule has 0 aromatic carbocycles. The second kappa shape index (κ2) is 5.42. The van der Waals surface area contributed by atoms with E-state index in [1.54, 1.807) is 0 Å². The van der Waals surface area contributed by atoms with Crippen LogP contribution in [0.25, 0.3) is 0 Å². The van der Waals surface area contributed by atoms with Crippen LogP contribution in [0.4, 0.5) is 0 Å². The van der Waals surface area contributed by atoms with E-state index in [1.165, 1.54) is 12.1 Å². The van der Waals surface area contributed by atoms with Crippen molar-refractivity contribution in [3.05, 3.63) is 23.0 Å². The first-order valence-electron chi connectivity index (χ1n) is 5.54. The third-order valence-corrected chi connectivity index (χ3v) is 2.98. The topological polar surface area (TPSA) is 55.3 Å². The van der Waals surface area contributed by atoms with Gasteiger partial charge in [-0.25, -0.2) is 4.79 Å². The number of halogens is 1. The number of piperidine rings is 1. The SMILES string of the molecule is CN1CCC(OC(=O)c2ccc(Cl)nn2)CC1. The zero-order valence-corrected chi connectivity index (χ0v) is 10.4. The minimum atomic E-state index is -0.427. The van der Waals surface area contributed by atoms with Crippen LogP contribution < -0.4 is 0 Å². The Bertz CT molecular complexity index is 388. The molecule has 0 N–H and O–H groups in total. The Kier molecular flexibility index (Phi) is 3.91. The van der Waals surface area contributed by atoms with Crippen LogP contribution in [0.3, 0.4) is 0 Å². The predicted octanol–water partition coefficient (Wildman–Crippen LogP) is 1.38. The molecule has 5 nitrogen and oxygen atoms in total. The molecule has 92 valence electrons. The minimum absolute atomic E-state index is 0.0174. The molecule has 2 heterocycles. The van der Waals surface area contributed by atoms with Gasteiger partial charge in [0, 0.05) is 13.1 Å². The van der Waals surface area contributed by atoms with Crippen LogP contribution in [0.5, 0.6) is 0 Å². The summed E-state index contributed by atoms with van der Waals surface area (Å²) in [7, 11) is 2.06. The van der Waals surface area contributed by atoms with Crippen molar-refractivity contribution < 1.29 is 9.53 Å². The molecule has 1 aromatic rings. The highest BCUT2D eigenvalue weighted by Crippen LogP contribution is 2.14. The molecular formula is C11H14ClN3O2. The van der Waals surface area contributed by atoms with Gasteiger partial charge in [-0.1, -0.05) is 11.6 Å². The van der Waals surface area contributed by atoms with Gasteiger partial charge in [-0.15, -0.1) is 10.2 Å². The van der Waals surface area contributed by atoms with Crippen molar-refractivity contribution in [2.45, 2.75) is 18.9 Å². The van der Waals surface area contributed by atoms with Crippen molar-refractivity contribution >= 4 is 17.6 Å². The first-order valence-corrected chi connectivity index (χ1v) is 5.91. The fourth-order valence-corrected chi connectivity index (χ4v) is 1.84. The van der Waals surface area contributed by atoms with Gasteiger partial charge in [-0.2, -0.15) is 0 Å². The second-order valence-electron chi connectivity index (χ2n) is 4.15. The largest absolute Gasteiger partial charge is 0.458 e. The highest BCUT2D eigenvalue weighted by atomic mass is 35.5. The summed E-state index contributed by atoms with van der Waals surface area (Å²) in [6.45, 7) is 1.90. The van der Waals surface area contributed by atoms with Crippen LogP contribution in [0, 0.1) is 0 Å². The fourth-order valence-electron chi connectivity index (χ4n) is 1.74. The Morgan fingerprint density at radius 3 is 2.71 bits per heavy atom. The fraction of sp³-hybridized carbons (Fsp3) is 0.545. The van der Waals surface area contributed by atoms with Gasteiger partial charge in [0.05, 0.1) is 0 Å². The number of esters is 1. The molecule has 0 saturated carbocycles. The Hall–Kier alpha value is -1.20. The Labute approximate surface area is 105 Å². The molecule has 0 aliphatic carbocycles. The molecule has 0 radical (unpaired) electrons. The maximum atomic E-state index is 11.7. The molecule has 17 heavy (non-hydrogen) atoms. The van der Waals surface area contributed by atoms with Crippen molar-refractivity contribution in [1.82, 2.24) is 15.1 Å². The molecule has 1 aliphatic rings. The van der Waals surface area contributed by atoms with Gasteiger partial charge in [0.15, 0.2) is 10.8 Å². The Morgan fingerprint density at radius 2 is 2.12 bits per heavy atom. The molecule has 0 amide bonds. The van der Waals surface area contributed by atoms with Gasteiger partial charge in [-0.05, 0) is 32.0 Å². The first kappa shape index (κ1) is 12.3. The lowest BCUT2D eigenvalue weighted by atomic mass is 10.1. The van der Waals surface area contributed by atoms with Crippen LogP contribution in [-0.4, -0.2) is 47.3 Å². The summed E-state index contributed by atoms with van der Waals surface area (Å²) in [6, 6.07) is 3.05. The van der Waals surface area contributed by atoms with Crippen molar-refractivity contribution in [2.24, 2.45) is 0 Å². The van der Waals surface area contributed by atoms with E-state index in [0.717, 1.165) is 25.9 Å². The third kappa shape index (κ3) is 3.38. The zero-order chi connectivity index (χ0) is 12.3. The summed E-state index contributed by atoms with van der Waals surface area (Å²) in [5.74, 6) is -0.427. The van der Waals surface area contributed by atoms with E-state index in [-0.39, 0.29) is 17.0 Å². The highest BCUT2D eigenvalue weighted by Gasteiger charge is 2.21. The maximum Gasteiger partial charge on any atom is 0.359 e. The van der Waals surface area contributed by atoms with Crippen LogP contribution in [0.2, 0.25) is 5.15 Å². The number of likely N-dealkylation sites (tertiary alicyclic amines) is 1. The third-order valence-electron chi connectivity index (χ3n) is 2.78. The molecule has 1 aromatic heterocycles. The molecule has 0 spiro atoms. The van der Waals surface area contributed by atoms with Crippen LogP contribution >= 0.6 is 11.6 Å². The molecule has 2 rings (SSSR count). The van der Waals surface area contributed by atoms with E-state index in [9.17, 15) is 4.79 Å². The lowest BCUT2D eigenvalue weighted by Gasteiger charge is -2.28. The summed E-state index contributed by atoms with van der Waals surface area (Å²) in [5.41, 5.74) is 0.202. The van der Waals surface area contributed by atoms with Crippen molar-refractivity contribution in [3.63, 3.8) is 0 Å². The lowest BCUT2D eigenvalue weighted by molar-refractivity contribution is 0.0132. The Morgan fingerprint density at radius 1 is 1.41 bits per heavy atom. The van der Waals surface area contributed by atoms with E-state index >= 15 is 0 Å². The van der Waals surface area contributed by atoms with E-state index in [0.29, 0.717) is 0 Å². The molecule has 0 unspecified atom stereocenters. The molecule has 1 saturated heterocycles. The molecular weight excluding hydrogens is 242 g/mol. The van der Waals surface area contributed by atoms with E-state index in [2.05, 4.69) is 22.1 Å². The van der Waals surface area contributed by atoms with E-state index in [1.807, 2.05) is 0 Å². The smallest absolute Gasteiger partial charge is 0.359 e. The quantitative estimate of drug-likeness (QED) is 0.748. The first-order chi connectivity index (χ1) is 8.15. The molecule has 0 atom stereocenters. The normalized spacial score (nSPS) is 18.0. The average Bonchev–Trinajstić information content (AvgIpc) is 2.33. The second-order valence-corrected chi connectivity index (χ2v) is 4.54. The van der Waals surface area contributed by atoms with E-state index < -0.39 is 5.97 Å². The predicted molar refractivity (Wildman–Crippen MR) is 63.0 cm³/mol. The van der Waals surface area contributed by atoms with Gasteiger partial charge in [0.1, 0.15) is 6.10 Å². The number of hydrogen-bond acceptors (Lipinski definition) is 5. The van der Waals surface area contributed by atoms with Gasteiger partial charge in [0.2, 0.25) is 0 Å². The average molecular weight is 256 g/mol.